The van der Waals surface area contributed by atoms with E-state index in [4.69, 9.17) is 14.6 Å². The van der Waals surface area contributed by atoms with Gasteiger partial charge in [0.05, 0.1) is 29.9 Å². The van der Waals surface area contributed by atoms with E-state index < -0.39 is 17.7 Å². The molecule has 0 aromatic heterocycles. The number of rotatable bonds is 5. The van der Waals surface area contributed by atoms with Crippen LogP contribution in [0.3, 0.4) is 0 Å². The van der Waals surface area contributed by atoms with Crippen molar-refractivity contribution in [2.75, 3.05) is 27.4 Å². The summed E-state index contributed by atoms with van der Waals surface area (Å²) in [6, 6.07) is 3.07. The number of ether oxygens (including phenoxy) is 2. The molecule has 22 heavy (non-hydrogen) atoms. The first kappa shape index (κ1) is 16.4. The average Bonchev–Trinajstić information content (AvgIpc) is 2.90. The summed E-state index contributed by atoms with van der Waals surface area (Å²) >= 11 is 0. The molecule has 1 amide bonds. The van der Waals surface area contributed by atoms with Crippen molar-refractivity contribution in [2.24, 2.45) is 0 Å². The molecule has 2 rings (SSSR count). The minimum atomic E-state index is -1.24. The van der Waals surface area contributed by atoms with Crippen LogP contribution in [0.2, 0.25) is 0 Å². The smallest absolute Gasteiger partial charge is 0.335 e. The molecule has 7 heteroatoms. The first-order valence-electron chi connectivity index (χ1n) is 6.83. The van der Waals surface area contributed by atoms with Crippen molar-refractivity contribution in [2.45, 2.75) is 18.6 Å². The highest BCUT2D eigenvalue weighted by Gasteiger charge is 2.36. The SMILES string of the molecule is COC[C@@H]1C[C@H](OC)CN1C(=O)c1ccc(C(=O)O)cc1F. The lowest BCUT2D eigenvalue weighted by molar-refractivity contribution is 0.0606. The molecular formula is C15H18FNO5. The number of carboxylic acids is 1. The van der Waals surface area contributed by atoms with Crippen LogP contribution in [0.4, 0.5) is 4.39 Å². The van der Waals surface area contributed by atoms with E-state index in [9.17, 15) is 14.0 Å². The van der Waals surface area contributed by atoms with E-state index in [2.05, 4.69) is 0 Å². The van der Waals surface area contributed by atoms with Gasteiger partial charge in [-0.05, 0) is 24.6 Å². The molecule has 2 atom stereocenters. The topological polar surface area (TPSA) is 76.1 Å². The van der Waals surface area contributed by atoms with Crippen molar-refractivity contribution in [3.05, 3.63) is 35.1 Å². The molecule has 0 aliphatic carbocycles. The van der Waals surface area contributed by atoms with Crippen LogP contribution in [-0.2, 0) is 9.47 Å². The van der Waals surface area contributed by atoms with Crippen molar-refractivity contribution in [1.29, 1.82) is 0 Å². The van der Waals surface area contributed by atoms with Gasteiger partial charge in [0.1, 0.15) is 5.82 Å². The standard InChI is InChI=1S/C15H18FNO5/c1-21-8-10-6-11(22-2)7-17(10)14(18)12-4-3-9(15(19)20)5-13(12)16/h3-5,10-11H,6-8H2,1-2H3,(H,19,20)/t10-,11-/m0/s1. The highest BCUT2D eigenvalue weighted by Crippen LogP contribution is 2.24. The van der Waals surface area contributed by atoms with Gasteiger partial charge in [0.25, 0.3) is 5.91 Å². The highest BCUT2D eigenvalue weighted by molar-refractivity contribution is 5.96. The number of hydrogen-bond acceptors (Lipinski definition) is 4. The molecule has 6 nitrogen and oxygen atoms in total. The van der Waals surface area contributed by atoms with Crippen molar-refractivity contribution >= 4 is 11.9 Å². The number of carbonyl (C=O) groups excluding carboxylic acids is 1. The van der Waals surface area contributed by atoms with Crippen LogP contribution >= 0.6 is 0 Å². The molecule has 1 heterocycles. The summed E-state index contributed by atoms with van der Waals surface area (Å²) in [4.78, 5) is 24.8. The minimum absolute atomic E-state index is 0.120. The maximum absolute atomic E-state index is 14.0. The Kier molecular flexibility index (Phi) is 5.10. The van der Waals surface area contributed by atoms with E-state index in [1.807, 2.05) is 0 Å². The Bertz CT molecular complexity index is 577. The molecular weight excluding hydrogens is 293 g/mol. The van der Waals surface area contributed by atoms with Gasteiger partial charge in [-0.15, -0.1) is 0 Å². The summed E-state index contributed by atoms with van der Waals surface area (Å²) in [5.74, 6) is -2.58. The molecule has 0 bridgehead atoms. The molecule has 1 aliphatic rings. The maximum atomic E-state index is 14.0. The first-order chi connectivity index (χ1) is 10.5. The minimum Gasteiger partial charge on any atom is -0.478 e. The number of halogens is 1. The number of methoxy groups -OCH3 is 2. The quantitative estimate of drug-likeness (QED) is 0.889. The maximum Gasteiger partial charge on any atom is 0.335 e. The normalized spacial score (nSPS) is 21.1. The number of likely N-dealkylation sites (tertiary alicyclic amines) is 1. The fraction of sp³-hybridized carbons (Fsp3) is 0.467. The molecule has 1 saturated heterocycles. The van der Waals surface area contributed by atoms with Gasteiger partial charge in [-0.2, -0.15) is 0 Å². The second-order valence-corrected chi connectivity index (χ2v) is 5.16. The van der Waals surface area contributed by atoms with Gasteiger partial charge >= 0.3 is 5.97 Å². The Morgan fingerprint density at radius 1 is 1.41 bits per heavy atom. The number of amides is 1. The Morgan fingerprint density at radius 2 is 2.14 bits per heavy atom. The van der Waals surface area contributed by atoms with Crippen LogP contribution in [0, 0.1) is 5.82 Å². The van der Waals surface area contributed by atoms with E-state index in [-0.39, 0.29) is 23.3 Å². The van der Waals surface area contributed by atoms with Gasteiger partial charge in [0, 0.05) is 20.8 Å². The number of benzene rings is 1. The number of nitrogens with zero attached hydrogens (tertiary/aromatic N) is 1. The van der Waals surface area contributed by atoms with Gasteiger partial charge < -0.3 is 19.5 Å². The van der Waals surface area contributed by atoms with E-state index in [0.29, 0.717) is 19.6 Å². The molecule has 0 spiro atoms. The summed E-state index contributed by atoms with van der Waals surface area (Å²) in [7, 11) is 3.09. The van der Waals surface area contributed by atoms with Gasteiger partial charge in [-0.25, -0.2) is 9.18 Å². The predicted molar refractivity (Wildman–Crippen MR) is 75.5 cm³/mol. The largest absolute Gasteiger partial charge is 0.478 e. The first-order valence-corrected chi connectivity index (χ1v) is 6.83. The van der Waals surface area contributed by atoms with Crippen LogP contribution in [0.5, 0.6) is 0 Å². The second-order valence-electron chi connectivity index (χ2n) is 5.16. The number of carboxylic acid groups (broad SMARTS) is 1. The molecule has 120 valence electrons. The lowest BCUT2D eigenvalue weighted by Gasteiger charge is -2.24. The van der Waals surface area contributed by atoms with Crippen LogP contribution < -0.4 is 0 Å². The van der Waals surface area contributed by atoms with Gasteiger partial charge in [-0.1, -0.05) is 0 Å². The number of carbonyl (C=O) groups is 2. The van der Waals surface area contributed by atoms with Gasteiger partial charge in [-0.3, -0.25) is 4.79 Å². The third-order valence-electron chi connectivity index (χ3n) is 3.78. The molecule has 1 aliphatic heterocycles. The summed E-state index contributed by atoms with van der Waals surface area (Å²) in [6.45, 7) is 0.684. The fourth-order valence-electron chi connectivity index (χ4n) is 2.62. The molecule has 1 fully saturated rings. The fourth-order valence-corrected chi connectivity index (χ4v) is 2.62. The average molecular weight is 311 g/mol. The molecule has 1 aromatic rings. The highest BCUT2D eigenvalue weighted by atomic mass is 19.1. The summed E-state index contributed by atoms with van der Waals surface area (Å²) in [6.07, 6.45) is 0.496. The predicted octanol–water partition coefficient (Wildman–Crippen LogP) is 1.40. The molecule has 0 saturated carbocycles. The molecule has 1 N–H and O–H groups in total. The number of aromatic carboxylic acids is 1. The zero-order valence-corrected chi connectivity index (χ0v) is 12.4. The Morgan fingerprint density at radius 3 is 2.68 bits per heavy atom. The summed E-state index contributed by atoms with van der Waals surface area (Å²) in [5.41, 5.74) is -0.346. The van der Waals surface area contributed by atoms with Gasteiger partial charge in [0.2, 0.25) is 0 Å². The Labute approximate surface area is 127 Å². The van der Waals surface area contributed by atoms with E-state index in [0.717, 1.165) is 6.07 Å². The van der Waals surface area contributed by atoms with Gasteiger partial charge in [0.15, 0.2) is 0 Å². The Balaban J connectivity index is 2.24. The van der Waals surface area contributed by atoms with Crippen LogP contribution in [0.15, 0.2) is 18.2 Å². The summed E-state index contributed by atoms with van der Waals surface area (Å²) in [5, 5.41) is 8.83. The third kappa shape index (κ3) is 3.26. The van der Waals surface area contributed by atoms with E-state index >= 15 is 0 Å². The van der Waals surface area contributed by atoms with E-state index in [1.54, 1.807) is 7.11 Å². The van der Waals surface area contributed by atoms with Crippen LogP contribution in [0.1, 0.15) is 27.1 Å². The monoisotopic (exact) mass is 311 g/mol. The molecule has 0 unspecified atom stereocenters. The molecule has 1 aromatic carbocycles. The zero-order chi connectivity index (χ0) is 16.3. The van der Waals surface area contributed by atoms with Crippen molar-refractivity contribution < 1.29 is 28.6 Å². The Hall–Kier alpha value is -1.99. The van der Waals surface area contributed by atoms with E-state index in [1.165, 1.54) is 24.1 Å². The second kappa shape index (κ2) is 6.85. The molecule has 0 radical (unpaired) electrons. The van der Waals surface area contributed by atoms with Crippen LogP contribution in [0.25, 0.3) is 0 Å². The van der Waals surface area contributed by atoms with Crippen LogP contribution in [-0.4, -0.2) is 61.4 Å². The lowest BCUT2D eigenvalue weighted by atomic mass is 10.1. The van der Waals surface area contributed by atoms with Crippen molar-refractivity contribution in [1.82, 2.24) is 4.90 Å². The third-order valence-corrected chi connectivity index (χ3v) is 3.78. The lowest BCUT2D eigenvalue weighted by Crippen LogP contribution is -2.38. The van der Waals surface area contributed by atoms with Crippen molar-refractivity contribution in [3.8, 4) is 0 Å². The van der Waals surface area contributed by atoms with Crippen molar-refractivity contribution in [3.63, 3.8) is 0 Å². The number of hydrogen-bond donors (Lipinski definition) is 1. The zero-order valence-electron chi connectivity index (χ0n) is 12.4. The summed E-state index contributed by atoms with van der Waals surface area (Å²) < 4.78 is 24.4.